The first-order valence-corrected chi connectivity index (χ1v) is 11.4. The second-order valence-corrected chi connectivity index (χ2v) is 7.74. The Labute approximate surface area is 178 Å². The standard InChI is InChI=1S/C24H42N2O3/c1-6-10-11-17-24(5,29-19-7-2)23(27)25-21-13-15-22(16-14-21)28-20-12-18-26(8-3)9-4/h13-16H,6-12,17-20H2,1-5H3,(H,25,27)/t24-/m1/s1. The fraction of sp³-hybridized carbons (Fsp3) is 0.708. The van der Waals surface area contributed by atoms with Crippen molar-refractivity contribution >= 4 is 11.6 Å². The molecule has 0 spiro atoms. The zero-order valence-electron chi connectivity index (χ0n) is 19.3. The van der Waals surface area contributed by atoms with Gasteiger partial charge < -0.3 is 19.7 Å². The number of benzene rings is 1. The summed E-state index contributed by atoms with van der Waals surface area (Å²) in [6, 6.07) is 7.61. The van der Waals surface area contributed by atoms with Gasteiger partial charge in [-0.25, -0.2) is 0 Å². The molecule has 0 heterocycles. The Morgan fingerprint density at radius 2 is 1.66 bits per heavy atom. The first-order valence-electron chi connectivity index (χ1n) is 11.4. The number of hydrogen-bond acceptors (Lipinski definition) is 4. The Kier molecular flexibility index (Phi) is 12.6. The van der Waals surface area contributed by atoms with Crippen molar-refractivity contribution < 1.29 is 14.3 Å². The number of ether oxygens (including phenoxy) is 2. The highest BCUT2D eigenvalue weighted by molar-refractivity contribution is 5.97. The number of unbranched alkanes of at least 4 members (excludes halogenated alkanes) is 2. The molecule has 0 aliphatic rings. The van der Waals surface area contributed by atoms with Crippen molar-refractivity contribution in [2.24, 2.45) is 0 Å². The molecule has 0 aromatic heterocycles. The van der Waals surface area contributed by atoms with Gasteiger partial charge in [0.1, 0.15) is 11.4 Å². The molecule has 1 aromatic rings. The number of anilines is 1. The summed E-state index contributed by atoms with van der Waals surface area (Å²) in [5, 5.41) is 3.02. The smallest absolute Gasteiger partial charge is 0.256 e. The summed E-state index contributed by atoms with van der Waals surface area (Å²) >= 11 is 0. The lowest BCUT2D eigenvalue weighted by Crippen LogP contribution is -2.43. The van der Waals surface area contributed by atoms with Gasteiger partial charge >= 0.3 is 0 Å². The molecule has 0 fully saturated rings. The minimum Gasteiger partial charge on any atom is -0.494 e. The molecular weight excluding hydrogens is 364 g/mol. The van der Waals surface area contributed by atoms with Gasteiger partial charge in [0.2, 0.25) is 0 Å². The van der Waals surface area contributed by atoms with Crippen LogP contribution in [0.25, 0.3) is 0 Å². The Morgan fingerprint density at radius 3 is 2.24 bits per heavy atom. The van der Waals surface area contributed by atoms with Crippen molar-refractivity contribution in [3.8, 4) is 5.75 Å². The molecule has 1 N–H and O–H groups in total. The summed E-state index contributed by atoms with van der Waals surface area (Å²) in [4.78, 5) is 15.3. The summed E-state index contributed by atoms with van der Waals surface area (Å²) in [5.74, 6) is 0.755. The average Bonchev–Trinajstić information content (AvgIpc) is 2.73. The number of carbonyl (C=O) groups excluding carboxylic acids is 1. The minimum atomic E-state index is -0.787. The van der Waals surface area contributed by atoms with Crippen molar-refractivity contribution in [1.82, 2.24) is 4.90 Å². The average molecular weight is 407 g/mol. The monoisotopic (exact) mass is 406 g/mol. The fourth-order valence-electron chi connectivity index (χ4n) is 3.21. The van der Waals surface area contributed by atoms with E-state index in [1.54, 1.807) is 0 Å². The van der Waals surface area contributed by atoms with Crippen molar-refractivity contribution in [2.45, 2.75) is 78.7 Å². The van der Waals surface area contributed by atoms with E-state index in [1.807, 2.05) is 31.2 Å². The highest BCUT2D eigenvalue weighted by atomic mass is 16.5. The highest BCUT2D eigenvalue weighted by Crippen LogP contribution is 2.23. The predicted molar refractivity (Wildman–Crippen MR) is 122 cm³/mol. The maximum atomic E-state index is 12.9. The van der Waals surface area contributed by atoms with Crippen LogP contribution in [-0.4, -0.2) is 49.3 Å². The van der Waals surface area contributed by atoms with Gasteiger partial charge in [0.05, 0.1) is 6.61 Å². The Morgan fingerprint density at radius 1 is 0.966 bits per heavy atom. The van der Waals surface area contributed by atoms with Gasteiger partial charge in [-0.3, -0.25) is 4.79 Å². The lowest BCUT2D eigenvalue weighted by molar-refractivity contribution is -0.140. The highest BCUT2D eigenvalue weighted by Gasteiger charge is 2.33. The third kappa shape index (κ3) is 9.64. The molecule has 5 heteroatoms. The van der Waals surface area contributed by atoms with Crippen LogP contribution in [0.2, 0.25) is 0 Å². The van der Waals surface area contributed by atoms with Gasteiger partial charge in [-0.1, -0.05) is 47.0 Å². The van der Waals surface area contributed by atoms with Crippen molar-refractivity contribution in [3.05, 3.63) is 24.3 Å². The number of amides is 1. The largest absolute Gasteiger partial charge is 0.494 e. The van der Waals surface area contributed by atoms with E-state index >= 15 is 0 Å². The maximum Gasteiger partial charge on any atom is 0.256 e. The molecule has 1 atom stereocenters. The molecule has 0 aliphatic heterocycles. The molecule has 0 saturated heterocycles. The lowest BCUT2D eigenvalue weighted by atomic mass is 9.96. The molecule has 5 nitrogen and oxygen atoms in total. The van der Waals surface area contributed by atoms with Crippen LogP contribution in [0.15, 0.2) is 24.3 Å². The van der Waals surface area contributed by atoms with Crippen LogP contribution in [-0.2, 0) is 9.53 Å². The van der Waals surface area contributed by atoms with Gasteiger partial charge in [0.15, 0.2) is 0 Å². The van der Waals surface area contributed by atoms with Crippen molar-refractivity contribution in [1.29, 1.82) is 0 Å². The molecular formula is C24H42N2O3. The van der Waals surface area contributed by atoms with E-state index in [4.69, 9.17) is 9.47 Å². The van der Waals surface area contributed by atoms with Crippen LogP contribution in [0.5, 0.6) is 5.75 Å². The molecule has 1 rings (SSSR count). The molecule has 0 radical (unpaired) electrons. The molecule has 0 bridgehead atoms. The molecule has 1 amide bonds. The first kappa shape index (κ1) is 25.4. The van der Waals surface area contributed by atoms with Gasteiger partial charge in [-0.2, -0.15) is 0 Å². The topological polar surface area (TPSA) is 50.8 Å². The molecule has 166 valence electrons. The molecule has 29 heavy (non-hydrogen) atoms. The quantitative estimate of drug-likeness (QED) is 0.368. The fourth-order valence-corrected chi connectivity index (χ4v) is 3.21. The number of nitrogens with zero attached hydrogens (tertiary/aromatic N) is 1. The lowest BCUT2D eigenvalue weighted by Gasteiger charge is -2.28. The number of hydrogen-bond donors (Lipinski definition) is 1. The second-order valence-electron chi connectivity index (χ2n) is 7.74. The van der Waals surface area contributed by atoms with E-state index in [-0.39, 0.29) is 5.91 Å². The second kappa shape index (κ2) is 14.4. The number of rotatable bonds is 16. The summed E-state index contributed by atoms with van der Waals surface area (Å²) in [6.45, 7) is 15.0. The Bertz CT molecular complexity index is 558. The molecule has 0 aliphatic carbocycles. The zero-order chi connectivity index (χ0) is 21.5. The van der Waals surface area contributed by atoms with E-state index < -0.39 is 5.60 Å². The van der Waals surface area contributed by atoms with E-state index in [0.717, 1.165) is 69.6 Å². The van der Waals surface area contributed by atoms with Crippen molar-refractivity contribution in [2.75, 3.05) is 38.2 Å². The third-order valence-electron chi connectivity index (χ3n) is 5.26. The summed E-state index contributed by atoms with van der Waals surface area (Å²) in [7, 11) is 0. The van der Waals surface area contributed by atoms with Gasteiger partial charge in [0.25, 0.3) is 5.91 Å². The number of nitrogens with one attached hydrogen (secondary N) is 1. The van der Waals surface area contributed by atoms with E-state index in [0.29, 0.717) is 13.2 Å². The summed E-state index contributed by atoms with van der Waals surface area (Å²) in [6.07, 6.45) is 5.87. The Hall–Kier alpha value is -1.59. The third-order valence-corrected chi connectivity index (χ3v) is 5.26. The first-order chi connectivity index (χ1) is 14.0. The van der Waals surface area contributed by atoms with E-state index in [2.05, 4.69) is 37.9 Å². The van der Waals surface area contributed by atoms with E-state index in [1.165, 1.54) is 0 Å². The van der Waals surface area contributed by atoms with Gasteiger partial charge in [-0.15, -0.1) is 0 Å². The van der Waals surface area contributed by atoms with E-state index in [9.17, 15) is 4.79 Å². The SMILES string of the molecule is CCCCC[C@@](C)(OCCC)C(=O)Nc1ccc(OCCCN(CC)CC)cc1. The summed E-state index contributed by atoms with van der Waals surface area (Å²) in [5.41, 5.74) is -0.0163. The maximum absolute atomic E-state index is 12.9. The van der Waals surface area contributed by atoms with Gasteiger partial charge in [0, 0.05) is 18.8 Å². The normalized spacial score (nSPS) is 13.3. The van der Waals surface area contributed by atoms with Crippen molar-refractivity contribution in [3.63, 3.8) is 0 Å². The van der Waals surface area contributed by atoms with Crippen LogP contribution in [0.4, 0.5) is 5.69 Å². The van der Waals surface area contributed by atoms with Gasteiger partial charge in [-0.05, 0) is 63.5 Å². The van der Waals surface area contributed by atoms with Crippen LogP contribution in [0, 0.1) is 0 Å². The molecule has 0 saturated carbocycles. The van der Waals surface area contributed by atoms with Crippen LogP contribution in [0.3, 0.4) is 0 Å². The Balaban J connectivity index is 2.55. The molecule has 1 aromatic carbocycles. The predicted octanol–water partition coefficient (Wildman–Crippen LogP) is 5.50. The van der Waals surface area contributed by atoms with Crippen LogP contribution in [0.1, 0.15) is 73.1 Å². The summed E-state index contributed by atoms with van der Waals surface area (Å²) < 4.78 is 11.8. The van der Waals surface area contributed by atoms with Crippen LogP contribution < -0.4 is 10.1 Å². The van der Waals surface area contributed by atoms with Crippen LogP contribution >= 0.6 is 0 Å². The minimum absolute atomic E-state index is 0.0741. The number of carbonyl (C=O) groups is 1. The zero-order valence-corrected chi connectivity index (χ0v) is 19.3. The molecule has 0 unspecified atom stereocenters.